The van der Waals surface area contributed by atoms with Crippen molar-refractivity contribution in [2.45, 2.75) is 59.5 Å². The second-order valence-electron chi connectivity index (χ2n) is 7.78. The third-order valence-electron chi connectivity index (χ3n) is 5.36. The first-order valence-corrected chi connectivity index (χ1v) is 8.52. The number of hydrogen-bond acceptors (Lipinski definition) is 3. The summed E-state index contributed by atoms with van der Waals surface area (Å²) in [5.41, 5.74) is 4.19. The van der Waals surface area contributed by atoms with E-state index in [2.05, 4.69) is 33.8 Å². The van der Waals surface area contributed by atoms with Crippen LogP contribution in [0.15, 0.2) is 11.8 Å². The number of hydrogen-bond donors (Lipinski definition) is 2. The summed E-state index contributed by atoms with van der Waals surface area (Å²) in [7, 11) is 0. The topological polar surface area (TPSA) is 57.5 Å². The van der Waals surface area contributed by atoms with Gasteiger partial charge in [0, 0.05) is 11.1 Å². The summed E-state index contributed by atoms with van der Waals surface area (Å²) < 4.78 is 0. The number of ketones is 1. The predicted molar refractivity (Wildman–Crippen MR) is 91.3 cm³/mol. The number of aliphatic hydroxyl groups is 2. The number of rotatable bonds is 2. The highest BCUT2D eigenvalue weighted by molar-refractivity contribution is 6.10. The molecular formula is C20H26O3. The van der Waals surface area contributed by atoms with Gasteiger partial charge in [0.05, 0.1) is 0 Å². The summed E-state index contributed by atoms with van der Waals surface area (Å²) in [6.07, 6.45) is 2.67. The number of Topliss-reactive ketones (excluding diaryl/α,β-unsaturated/α-hetero) is 1. The van der Waals surface area contributed by atoms with Crippen molar-refractivity contribution >= 4 is 11.4 Å². The fraction of sp³-hybridized carbons (Fsp3) is 0.550. The van der Waals surface area contributed by atoms with Gasteiger partial charge in [0.1, 0.15) is 0 Å². The molecule has 0 fully saturated rings. The van der Waals surface area contributed by atoms with Crippen LogP contribution in [0.2, 0.25) is 0 Å². The van der Waals surface area contributed by atoms with Crippen molar-refractivity contribution in [1.82, 2.24) is 0 Å². The molecule has 124 valence electrons. The summed E-state index contributed by atoms with van der Waals surface area (Å²) >= 11 is 0. The van der Waals surface area contributed by atoms with Crippen molar-refractivity contribution in [1.29, 1.82) is 0 Å². The van der Waals surface area contributed by atoms with Crippen molar-refractivity contribution in [2.75, 3.05) is 0 Å². The Balaban J connectivity index is 2.42. The highest BCUT2D eigenvalue weighted by atomic mass is 16.3. The molecule has 23 heavy (non-hydrogen) atoms. The first kappa shape index (κ1) is 16.3. The molecule has 1 aromatic carbocycles. The van der Waals surface area contributed by atoms with Crippen LogP contribution in [0, 0.1) is 18.8 Å². The minimum absolute atomic E-state index is 0.134. The molecule has 0 aliphatic heterocycles. The summed E-state index contributed by atoms with van der Waals surface area (Å²) in [4.78, 5) is 12.6. The van der Waals surface area contributed by atoms with E-state index in [0.29, 0.717) is 5.92 Å². The average molecular weight is 314 g/mol. The van der Waals surface area contributed by atoms with E-state index < -0.39 is 11.4 Å². The van der Waals surface area contributed by atoms with Gasteiger partial charge in [0.2, 0.25) is 5.78 Å². The van der Waals surface area contributed by atoms with Gasteiger partial charge in [-0.05, 0) is 67.2 Å². The molecule has 0 bridgehead atoms. The molecule has 0 spiro atoms. The van der Waals surface area contributed by atoms with Crippen LogP contribution in [0.1, 0.15) is 61.9 Å². The third kappa shape index (κ3) is 2.25. The number of carbonyl (C=O) groups excluding carboxylic acids is 1. The Morgan fingerprint density at radius 2 is 2.04 bits per heavy atom. The molecule has 2 aliphatic rings. The van der Waals surface area contributed by atoms with Crippen LogP contribution in [-0.4, -0.2) is 16.0 Å². The van der Waals surface area contributed by atoms with Gasteiger partial charge >= 0.3 is 0 Å². The number of allylic oxidation sites excluding steroid dienone is 1. The van der Waals surface area contributed by atoms with Gasteiger partial charge in [-0.3, -0.25) is 4.79 Å². The van der Waals surface area contributed by atoms with Crippen LogP contribution in [0.4, 0.5) is 0 Å². The minimum Gasteiger partial charge on any atom is -0.504 e. The second-order valence-corrected chi connectivity index (χ2v) is 7.78. The van der Waals surface area contributed by atoms with Gasteiger partial charge in [0.15, 0.2) is 11.4 Å². The monoisotopic (exact) mass is 314 g/mol. The van der Waals surface area contributed by atoms with Crippen LogP contribution < -0.4 is 0 Å². The zero-order chi connectivity index (χ0) is 17.1. The molecule has 0 saturated heterocycles. The first-order chi connectivity index (χ1) is 10.7. The van der Waals surface area contributed by atoms with E-state index in [1.54, 1.807) is 0 Å². The molecule has 0 amide bonds. The Kier molecular flexibility index (Phi) is 3.68. The van der Waals surface area contributed by atoms with E-state index in [-0.39, 0.29) is 11.7 Å². The molecule has 3 heteroatoms. The van der Waals surface area contributed by atoms with E-state index in [1.165, 1.54) is 18.1 Å². The van der Waals surface area contributed by atoms with Gasteiger partial charge < -0.3 is 10.2 Å². The normalized spacial score (nSPS) is 26.7. The van der Waals surface area contributed by atoms with E-state index in [1.807, 2.05) is 0 Å². The molecule has 2 atom stereocenters. The number of carbonyl (C=O) groups is 1. The molecule has 1 aromatic rings. The van der Waals surface area contributed by atoms with Crippen molar-refractivity contribution < 1.29 is 15.0 Å². The zero-order valence-electron chi connectivity index (χ0n) is 14.7. The summed E-state index contributed by atoms with van der Waals surface area (Å²) in [6, 6.07) is 2.13. The fourth-order valence-electron chi connectivity index (χ4n) is 4.28. The molecule has 0 saturated carbocycles. The Morgan fingerprint density at radius 1 is 1.39 bits per heavy atom. The van der Waals surface area contributed by atoms with Crippen LogP contribution >= 0.6 is 0 Å². The minimum atomic E-state index is -1.65. The van der Waals surface area contributed by atoms with E-state index >= 15 is 0 Å². The van der Waals surface area contributed by atoms with Crippen molar-refractivity contribution in [2.24, 2.45) is 11.8 Å². The number of aryl methyl sites for hydroxylation is 1. The predicted octanol–water partition coefficient (Wildman–Crippen LogP) is 3.84. The van der Waals surface area contributed by atoms with Crippen molar-refractivity contribution in [3.8, 4) is 0 Å². The summed E-state index contributed by atoms with van der Waals surface area (Å²) in [6.45, 7) is 9.94. The highest BCUT2D eigenvalue weighted by Crippen LogP contribution is 2.49. The fourth-order valence-corrected chi connectivity index (χ4v) is 4.28. The molecule has 2 aliphatic carbocycles. The van der Waals surface area contributed by atoms with Gasteiger partial charge in [0.25, 0.3) is 0 Å². The molecule has 0 unspecified atom stereocenters. The van der Waals surface area contributed by atoms with Crippen LogP contribution in [0.25, 0.3) is 5.57 Å². The van der Waals surface area contributed by atoms with Crippen LogP contribution in [-0.2, 0) is 23.2 Å². The molecule has 2 N–H and O–H groups in total. The summed E-state index contributed by atoms with van der Waals surface area (Å²) in [5.74, 6) is -0.237. The largest absolute Gasteiger partial charge is 0.504 e. The van der Waals surface area contributed by atoms with Gasteiger partial charge in [-0.15, -0.1) is 0 Å². The summed E-state index contributed by atoms with van der Waals surface area (Å²) in [5, 5.41) is 21.4. The van der Waals surface area contributed by atoms with E-state index in [9.17, 15) is 15.0 Å². The number of aliphatic hydroxyl groups excluding tert-OH is 1. The zero-order valence-corrected chi connectivity index (χ0v) is 14.7. The average Bonchev–Trinajstić information content (AvgIpc) is 2.43. The molecule has 3 rings (SSSR count). The molecule has 0 heterocycles. The van der Waals surface area contributed by atoms with Gasteiger partial charge in [-0.2, -0.15) is 0 Å². The van der Waals surface area contributed by atoms with Gasteiger partial charge in [-0.25, -0.2) is 0 Å². The maximum Gasteiger partial charge on any atom is 0.233 e. The Hall–Kier alpha value is -1.61. The van der Waals surface area contributed by atoms with Crippen LogP contribution in [0.5, 0.6) is 0 Å². The van der Waals surface area contributed by atoms with Gasteiger partial charge in [-0.1, -0.05) is 26.8 Å². The Morgan fingerprint density at radius 3 is 2.65 bits per heavy atom. The number of benzene rings is 1. The Bertz CT molecular complexity index is 723. The maximum absolute atomic E-state index is 12.6. The molecular weight excluding hydrogens is 288 g/mol. The lowest BCUT2D eigenvalue weighted by molar-refractivity contribution is -0.135. The molecule has 0 radical (unpaired) electrons. The lowest BCUT2D eigenvalue weighted by Gasteiger charge is -2.39. The Labute approximate surface area is 138 Å². The molecule has 3 nitrogen and oxygen atoms in total. The maximum atomic E-state index is 12.6. The van der Waals surface area contributed by atoms with Crippen molar-refractivity contribution in [3.63, 3.8) is 0 Å². The standard InChI is InChI=1S/C20H26O3/c1-10(2)8-13-9-12(4)14-7-6-11(3)15-16(14)17(13)20(5,23)19(22)18(15)21/h9-11,21,23H,6-8H2,1-5H3/t11-,20-/m0/s1. The molecule has 0 aromatic heterocycles. The first-order valence-electron chi connectivity index (χ1n) is 8.52. The van der Waals surface area contributed by atoms with Crippen molar-refractivity contribution in [3.05, 3.63) is 39.6 Å². The second kappa shape index (κ2) is 5.20. The lowest BCUT2D eigenvalue weighted by atomic mass is 9.66. The van der Waals surface area contributed by atoms with Crippen LogP contribution in [0.3, 0.4) is 0 Å². The SMILES string of the molecule is Cc1cc(CC(C)C)c2c3c1CC[C@H](C)C3=C(O)C(=O)[C@@]2(C)O. The van der Waals surface area contributed by atoms with E-state index in [4.69, 9.17) is 0 Å². The highest BCUT2D eigenvalue weighted by Gasteiger charge is 2.47. The third-order valence-corrected chi connectivity index (χ3v) is 5.36. The van der Waals surface area contributed by atoms with E-state index in [0.717, 1.165) is 41.5 Å². The quantitative estimate of drug-likeness (QED) is 0.872. The lowest BCUT2D eigenvalue weighted by Crippen LogP contribution is -2.41. The smallest absolute Gasteiger partial charge is 0.233 e.